The lowest BCUT2D eigenvalue weighted by Crippen LogP contribution is -2.51. The molecule has 0 bridgehead atoms. The molecule has 1 aromatic carbocycles. The van der Waals surface area contributed by atoms with Gasteiger partial charge in [0.1, 0.15) is 5.82 Å². The minimum absolute atomic E-state index is 0.145. The van der Waals surface area contributed by atoms with Gasteiger partial charge in [0.15, 0.2) is 0 Å². The molecule has 1 aliphatic heterocycles. The maximum absolute atomic E-state index is 12.5. The highest BCUT2D eigenvalue weighted by atomic mass is 16.5. The van der Waals surface area contributed by atoms with Crippen LogP contribution in [0.15, 0.2) is 36.4 Å². The molecule has 2 amide bonds. The van der Waals surface area contributed by atoms with Crippen molar-refractivity contribution in [3.05, 3.63) is 36.4 Å². The lowest BCUT2D eigenvalue weighted by Gasteiger charge is -2.34. The summed E-state index contributed by atoms with van der Waals surface area (Å²) in [7, 11) is 0. The van der Waals surface area contributed by atoms with Gasteiger partial charge in [-0.3, -0.25) is 5.32 Å². The number of anilines is 1. The third-order valence-electron chi connectivity index (χ3n) is 4.55. The molecule has 3 rings (SSSR count). The summed E-state index contributed by atoms with van der Waals surface area (Å²) in [4.78, 5) is 12.5. The van der Waals surface area contributed by atoms with E-state index in [0.717, 1.165) is 24.1 Å². The predicted octanol–water partition coefficient (Wildman–Crippen LogP) is 3.82. The molecule has 1 fully saturated rings. The number of carbonyl (C=O) groups excluding carboxylic acids is 1. The molecule has 0 aliphatic carbocycles. The van der Waals surface area contributed by atoms with Gasteiger partial charge >= 0.3 is 6.03 Å². The van der Waals surface area contributed by atoms with Gasteiger partial charge in [0, 0.05) is 36.4 Å². The Morgan fingerprint density at radius 3 is 2.56 bits per heavy atom. The maximum atomic E-state index is 12.5. The van der Waals surface area contributed by atoms with Crippen LogP contribution in [-0.4, -0.2) is 34.6 Å². The smallest absolute Gasteiger partial charge is 0.320 e. The van der Waals surface area contributed by atoms with Gasteiger partial charge in [0.2, 0.25) is 0 Å². The predicted molar refractivity (Wildman–Crippen MR) is 98.7 cm³/mol. The summed E-state index contributed by atoms with van der Waals surface area (Å²) < 4.78 is 7.22. The Hall–Kier alpha value is -2.34. The number of rotatable bonds is 4. The van der Waals surface area contributed by atoms with Gasteiger partial charge in [-0.15, -0.1) is 0 Å². The van der Waals surface area contributed by atoms with Crippen LogP contribution < -0.4 is 10.6 Å². The van der Waals surface area contributed by atoms with E-state index in [1.807, 2.05) is 54.9 Å². The first-order valence-electron chi connectivity index (χ1n) is 8.79. The average Bonchev–Trinajstić information content (AvgIpc) is 2.99. The van der Waals surface area contributed by atoms with Gasteiger partial charge in [-0.05, 0) is 33.6 Å². The van der Waals surface area contributed by atoms with Crippen LogP contribution in [0.5, 0.6) is 0 Å². The molecule has 25 heavy (non-hydrogen) atoms. The van der Waals surface area contributed by atoms with Gasteiger partial charge in [0.25, 0.3) is 0 Å². The van der Waals surface area contributed by atoms with Crippen LogP contribution in [-0.2, 0) is 4.74 Å². The molecule has 0 spiro atoms. The van der Waals surface area contributed by atoms with Crippen LogP contribution in [0.1, 0.15) is 39.7 Å². The molecule has 1 aliphatic rings. The Balaban J connectivity index is 1.77. The second-order valence-corrected chi connectivity index (χ2v) is 7.07. The molecule has 6 heteroatoms. The highest BCUT2D eigenvalue weighted by Gasteiger charge is 2.29. The zero-order valence-electron chi connectivity index (χ0n) is 15.1. The van der Waals surface area contributed by atoms with Crippen molar-refractivity contribution in [1.29, 1.82) is 0 Å². The summed E-state index contributed by atoms with van der Waals surface area (Å²) in [6.07, 6.45) is 1.64. The number of urea groups is 1. The summed E-state index contributed by atoms with van der Waals surface area (Å²) in [6, 6.07) is 11.8. The van der Waals surface area contributed by atoms with E-state index in [-0.39, 0.29) is 17.6 Å². The highest BCUT2D eigenvalue weighted by molar-refractivity contribution is 5.89. The van der Waals surface area contributed by atoms with Crippen molar-refractivity contribution >= 4 is 11.8 Å². The standard InChI is InChI=1S/C19H26N4O2/c1-14(2)23-17(13-16(22-23)15-7-5-4-6-8-15)20-18(24)21-19(3)9-11-25-12-10-19/h4-8,13-14H,9-12H2,1-3H3,(H2,20,21,24). The number of hydrogen-bond acceptors (Lipinski definition) is 3. The fraction of sp³-hybridized carbons (Fsp3) is 0.474. The monoisotopic (exact) mass is 342 g/mol. The van der Waals surface area contributed by atoms with Gasteiger partial charge < -0.3 is 10.1 Å². The minimum atomic E-state index is -0.229. The first kappa shape index (κ1) is 17.5. The van der Waals surface area contributed by atoms with E-state index in [4.69, 9.17) is 4.74 Å². The molecule has 1 saturated heterocycles. The van der Waals surface area contributed by atoms with Crippen LogP contribution >= 0.6 is 0 Å². The van der Waals surface area contributed by atoms with Crippen molar-refractivity contribution in [3.63, 3.8) is 0 Å². The lowest BCUT2D eigenvalue weighted by molar-refractivity contribution is 0.0499. The molecule has 0 radical (unpaired) electrons. The van der Waals surface area contributed by atoms with Crippen molar-refractivity contribution in [2.45, 2.75) is 45.2 Å². The number of carbonyl (C=O) groups is 1. The van der Waals surface area contributed by atoms with Gasteiger partial charge in [-0.2, -0.15) is 5.10 Å². The molecule has 6 nitrogen and oxygen atoms in total. The number of amides is 2. The van der Waals surface area contributed by atoms with Crippen LogP contribution in [0.4, 0.5) is 10.6 Å². The number of nitrogens with zero attached hydrogens (tertiary/aromatic N) is 2. The third-order valence-corrected chi connectivity index (χ3v) is 4.55. The zero-order valence-corrected chi connectivity index (χ0v) is 15.1. The van der Waals surface area contributed by atoms with E-state index in [2.05, 4.69) is 22.7 Å². The van der Waals surface area contributed by atoms with Crippen molar-refractivity contribution in [2.24, 2.45) is 0 Å². The Morgan fingerprint density at radius 1 is 1.24 bits per heavy atom. The van der Waals surface area contributed by atoms with Crippen molar-refractivity contribution in [1.82, 2.24) is 15.1 Å². The summed E-state index contributed by atoms with van der Waals surface area (Å²) in [6.45, 7) is 7.51. The van der Waals surface area contributed by atoms with E-state index in [9.17, 15) is 4.79 Å². The Morgan fingerprint density at radius 2 is 1.92 bits per heavy atom. The lowest BCUT2D eigenvalue weighted by atomic mass is 9.93. The quantitative estimate of drug-likeness (QED) is 0.887. The largest absolute Gasteiger partial charge is 0.381 e. The van der Waals surface area contributed by atoms with E-state index >= 15 is 0 Å². The topological polar surface area (TPSA) is 68.2 Å². The van der Waals surface area contributed by atoms with Crippen LogP contribution in [0.2, 0.25) is 0 Å². The van der Waals surface area contributed by atoms with Gasteiger partial charge in [-0.25, -0.2) is 9.48 Å². The summed E-state index contributed by atoms with van der Waals surface area (Å²) in [5.74, 6) is 0.696. The van der Waals surface area contributed by atoms with Crippen LogP contribution in [0.3, 0.4) is 0 Å². The van der Waals surface area contributed by atoms with Crippen LogP contribution in [0, 0.1) is 0 Å². The first-order valence-corrected chi connectivity index (χ1v) is 8.79. The van der Waals surface area contributed by atoms with E-state index in [1.165, 1.54) is 0 Å². The second-order valence-electron chi connectivity index (χ2n) is 7.07. The van der Waals surface area contributed by atoms with Crippen molar-refractivity contribution in [2.75, 3.05) is 18.5 Å². The van der Waals surface area contributed by atoms with E-state index < -0.39 is 0 Å². The Kier molecular flexibility index (Phi) is 5.08. The van der Waals surface area contributed by atoms with E-state index in [1.54, 1.807) is 0 Å². The van der Waals surface area contributed by atoms with Crippen molar-refractivity contribution < 1.29 is 9.53 Å². The average molecular weight is 342 g/mol. The van der Waals surface area contributed by atoms with Crippen LogP contribution in [0.25, 0.3) is 11.3 Å². The number of hydrogen-bond donors (Lipinski definition) is 2. The first-order chi connectivity index (χ1) is 12.0. The molecule has 2 aromatic rings. The molecule has 1 aromatic heterocycles. The normalized spacial score (nSPS) is 16.6. The molecular formula is C19H26N4O2. The zero-order chi connectivity index (χ0) is 17.9. The molecule has 2 N–H and O–H groups in total. The number of benzene rings is 1. The highest BCUT2D eigenvalue weighted by Crippen LogP contribution is 2.25. The summed E-state index contributed by atoms with van der Waals surface area (Å²) in [5.41, 5.74) is 1.65. The third kappa shape index (κ3) is 4.20. The maximum Gasteiger partial charge on any atom is 0.320 e. The fourth-order valence-electron chi connectivity index (χ4n) is 3.00. The molecule has 134 valence electrons. The number of nitrogens with one attached hydrogen (secondary N) is 2. The number of ether oxygens (including phenoxy) is 1. The molecular weight excluding hydrogens is 316 g/mol. The molecule has 0 unspecified atom stereocenters. The minimum Gasteiger partial charge on any atom is -0.381 e. The SMILES string of the molecule is CC(C)n1nc(-c2ccccc2)cc1NC(=O)NC1(C)CCOCC1. The van der Waals surface area contributed by atoms with Gasteiger partial charge in [0.05, 0.1) is 5.69 Å². The number of aromatic nitrogens is 2. The summed E-state index contributed by atoms with van der Waals surface area (Å²) >= 11 is 0. The second kappa shape index (κ2) is 7.27. The summed E-state index contributed by atoms with van der Waals surface area (Å²) in [5, 5.41) is 10.7. The molecule has 0 saturated carbocycles. The Bertz CT molecular complexity index is 718. The molecule has 0 atom stereocenters. The van der Waals surface area contributed by atoms with Crippen molar-refractivity contribution in [3.8, 4) is 11.3 Å². The van der Waals surface area contributed by atoms with E-state index in [0.29, 0.717) is 19.0 Å². The van der Waals surface area contributed by atoms with Gasteiger partial charge in [-0.1, -0.05) is 30.3 Å². The fourth-order valence-corrected chi connectivity index (χ4v) is 3.00. The molecule has 2 heterocycles. The Labute approximate surface area is 148 Å².